The molecule has 3 aromatic rings. The van der Waals surface area contributed by atoms with Crippen LogP contribution in [0, 0.1) is 6.92 Å². The summed E-state index contributed by atoms with van der Waals surface area (Å²) in [5, 5.41) is 8.01. The molecule has 4 rings (SSSR count). The van der Waals surface area contributed by atoms with E-state index in [2.05, 4.69) is 40.3 Å². The minimum absolute atomic E-state index is 0.500. The van der Waals surface area contributed by atoms with E-state index in [0.29, 0.717) is 11.8 Å². The number of hydrogen-bond donors (Lipinski definition) is 0. The number of piperidine rings is 1. The van der Waals surface area contributed by atoms with Gasteiger partial charge in [0.25, 0.3) is 0 Å². The monoisotopic (exact) mass is 341 g/mol. The maximum atomic E-state index is 4.88. The Bertz CT molecular complexity index is 850. The van der Waals surface area contributed by atoms with Gasteiger partial charge in [0, 0.05) is 36.8 Å². The number of aryl methyl sites for hydroxylation is 1. The number of hydrogen-bond acceptors (Lipinski definition) is 5. The van der Waals surface area contributed by atoms with Gasteiger partial charge in [0.05, 0.1) is 16.4 Å². The lowest BCUT2D eigenvalue weighted by molar-refractivity contribution is 0.504. The van der Waals surface area contributed by atoms with E-state index in [9.17, 15) is 0 Å². The Hall–Kier alpha value is -1.95. The fraction of sp³-hybridized carbons (Fsp3) is 0.500. The second-order valence-corrected chi connectivity index (χ2v) is 7.81. The van der Waals surface area contributed by atoms with E-state index in [1.54, 1.807) is 0 Å². The molecule has 126 valence electrons. The van der Waals surface area contributed by atoms with Gasteiger partial charge >= 0.3 is 0 Å². The van der Waals surface area contributed by atoms with Crippen molar-refractivity contribution in [1.82, 2.24) is 19.6 Å². The number of fused-ring (bicyclic) bond motifs is 1. The molecule has 1 aliphatic rings. The molecule has 0 spiro atoms. The van der Waals surface area contributed by atoms with E-state index in [1.165, 1.54) is 23.5 Å². The predicted molar refractivity (Wildman–Crippen MR) is 98.1 cm³/mol. The summed E-state index contributed by atoms with van der Waals surface area (Å²) in [6.07, 6.45) is 6.15. The van der Waals surface area contributed by atoms with Gasteiger partial charge in [-0.1, -0.05) is 13.8 Å². The highest BCUT2D eigenvalue weighted by Crippen LogP contribution is 2.33. The van der Waals surface area contributed by atoms with E-state index >= 15 is 0 Å². The van der Waals surface area contributed by atoms with Crippen molar-refractivity contribution in [2.45, 2.75) is 45.4 Å². The molecule has 5 nitrogen and oxygen atoms in total. The van der Waals surface area contributed by atoms with Gasteiger partial charge in [0.1, 0.15) is 5.52 Å². The van der Waals surface area contributed by atoms with E-state index in [-0.39, 0.29) is 0 Å². The fourth-order valence-electron chi connectivity index (χ4n) is 3.40. The van der Waals surface area contributed by atoms with Crippen molar-refractivity contribution in [3.63, 3.8) is 0 Å². The first-order valence-electron chi connectivity index (χ1n) is 8.63. The van der Waals surface area contributed by atoms with Gasteiger partial charge < -0.3 is 4.90 Å². The van der Waals surface area contributed by atoms with Crippen LogP contribution in [0.25, 0.3) is 5.52 Å². The number of thiazole rings is 1. The first-order valence-corrected chi connectivity index (χ1v) is 9.51. The Morgan fingerprint density at radius 1 is 1.33 bits per heavy atom. The Kier molecular flexibility index (Phi) is 4.00. The summed E-state index contributed by atoms with van der Waals surface area (Å²) in [4.78, 5) is 11.9. The zero-order valence-corrected chi connectivity index (χ0v) is 15.3. The average molecular weight is 341 g/mol. The van der Waals surface area contributed by atoms with Crippen molar-refractivity contribution in [1.29, 1.82) is 0 Å². The Balaban J connectivity index is 1.62. The Labute approximate surface area is 146 Å². The van der Waals surface area contributed by atoms with Crippen molar-refractivity contribution < 1.29 is 0 Å². The summed E-state index contributed by atoms with van der Waals surface area (Å²) in [7, 11) is 0. The number of nitrogens with zero attached hydrogens (tertiary/aromatic N) is 5. The fourth-order valence-corrected chi connectivity index (χ4v) is 4.51. The minimum Gasteiger partial charge on any atom is -0.354 e. The quantitative estimate of drug-likeness (QED) is 0.722. The molecule has 0 amide bonds. The standard InChI is InChI=1S/C18H23N5S/c1-12(2)15-11-24-18(20-15)14-5-4-7-22(10-14)17-16-9-13(3)21-23(16)8-6-19-17/h6,8-9,11-12,14H,4-5,7,10H2,1-3H3. The van der Waals surface area contributed by atoms with Crippen molar-refractivity contribution in [2.75, 3.05) is 18.0 Å². The first kappa shape index (κ1) is 15.6. The van der Waals surface area contributed by atoms with Crippen LogP contribution < -0.4 is 4.90 Å². The van der Waals surface area contributed by atoms with Gasteiger partial charge in [-0.2, -0.15) is 5.10 Å². The largest absolute Gasteiger partial charge is 0.354 e. The van der Waals surface area contributed by atoms with E-state index in [4.69, 9.17) is 4.98 Å². The summed E-state index contributed by atoms with van der Waals surface area (Å²) in [5.74, 6) is 2.05. The smallest absolute Gasteiger partial charge is 0.154 e. The molecule has 4 heterocycles. The molecule has 0 aliphatic carbocycles. The molecule has 1 atom stereocenters. The zero-order chi connectivity index (χ0) is 16.7. The second kappa shape index (κ2) is 6.16. The summed E-state index contributed by atoms with van der Waals surface area (Å²) in [6, 6.07) is 2.12. The molecule has 6 heteroatoms. The van der Waals surface area contributed by atoms with Gasteiger partial charge in [-0.3, -0.25) is 0 Å². The third kappa shape index (κ3) is 2.79. The molecule has 1 fully saturated rings. The van der Waals surface area contributed by atoms with E-state index < -0.39 is 0 Å². The van der Waals surface area contributed by atoms with Gasteiger partial charge in [-0.15, -0.1) is 11.3 Å². The highest BCUT2D eigenvalue weighted by Gasteiger charge is 2.26. The van der Waals surface area contributed by atoms with Crippen molar-refractivity contribution >= 4 is 22.7 Å². The molecular weight excluding hydrogens is 318 g/mol. The molecule has 0 aromatic carbocycles. The first-order chi connectivity index (χ1) is 11.6. The summed E-state index contributed by atoms with van der Waals surface area (Å²) < 4.78 is 1.93. The molecule has 1 unspecified atom stereocenters. The molecule has 1 saturated heterocycles. The third-order valence-electron chi connectivity index (χ3n) is 4.69. The van der Waals surface area contributed by atoms with Crippen LogP contribution in [0.2, 0.25) is 0 Å². The second-order valence-electron chi connectivity index (χ2n) is 6.92. The van der Waals surface area contributed by atoms with Crippen molar-refractivity contribution in [2.24, 2.45) is 0 Å². The molecule has 24 heavy (non-hydrogen) atoms. The Morgan fingerprint density at radius 2 is 2.21 bits per heavy atom. The van der Waals surface area contributed by atoms with Gasteiger partial charge in [-0.25, -0.2) is 14.5 Å². The molecule has 3 aromatic heterocycles. The van der Waals surface area contributed by atoms with Crippen molar-refractivity contribution in [3.05, 3.63) is 40.2 Å². The molecule has 0 N–H and O–H groups in total. The normalized spacial score (nSPS) is 18.7. The van der Waals surface area contributed by atoms with Gasteiger partial charge in [0.2, 0.25) is 0 Å². The lowest BCUT2D eigenvalue weighted by Gasteiger charge is -2.32. The minimum atomic E-state index is 0.500. The summed E-state index contributed by atoms with van der Waals surface area (Å²) in [6.45, 7) is 8.48. The van der Waals surface area contributed by atoms with Crippen LogP contribution in [0.3, 0.4) is 0 Å². The van der Waals surface area contributed by atoms with Crippen LogP contribution in [-0.2, 0) is 0 Å². The summed E-state index contributed by atoms with van der Waals surface area (Å²) >= 11 is 1.81. The zero-order valence-electron chi connectivity index (χ0n) is 14.4. The SMILES string of the molecule is Cc1cc2c(N3CCCC(c4nc(C(C)C)cs4)C3)nccn2n1. The van der Waals surface area contributed by atoms with Gasteiger partial charge in [0.15, 0.2) is 5.82 Å². The van der Waals surface area contributed by atoms with Gasteiger partial charge in [-0.05, 0) is 31.7 Å². The Morgan fingerprint density at radius 3 is 3.00 bits per heavy atom. The third-order valence-corrected chi connectivity index (χ3v) is 5.72. The maximum Gasteiger partial charge on any atom is 0.154 e. The number of aromatic nitrogens is 4. The molecule has 1 aliphatic heterocycles. The summed E-state index contributed by atoms with van der Waals surface area (Å²) in [5.41, 5.74) is 3.34. The van der Waals surface area contributed by atoms with E-state index in [0.717, 1.165) is 30.1 Å². The van der Waals surface area contributed by atoms with E-state index in [1.807, 2.05) is 35.2 Å². The predicted octanol–water partition coefficient (Wildman–Crippen LogP) is 4.00. The maximum absolute atomic E-state index is 4.88. The lowest BCUT2D eigenvalue weighted by Crippen LogP contribution is -2.35. The molecule has 0 saturated carbocycles. The van der Waals surface area contributed by atoms with Crippen LogP contribution in [-0.4, -0.2) is 32.7 Å². The number of anilines is 1. The lowest BCUT2D eigenvalue weighted by atomic mass is 9.98. The van der Waals surface area contributed by atoms with Crippen molar-refractivity contribution in [3.8, 4) is 0 Å². The number of rotatable bonds is 3. The average Bonchev–Trinajstić information content (AvgIpc) is 3.20. The van der Waals surface area contributed by atoms with Crippen LogP contribution in [0.15, 0.2) is 23.8 Å². The highest BCUT2D eigenvalue weighted by atomic mass is 32.1. The molecule has 0 radical (unpaired) electrons. The topological polar surface area (TPSA) is 46.3 Å². The highest BCUT2D eigenvalue weighted by molar-refractivity contribution is 7.09. The van der Waals surface area contributed by atoms with Crippen LogP contribution in [0.1, 0.15) is 54.9 Å². The molecular formula is C18H23N5S. The van der Waals surface area contributed by atoms with Crippen LogP contribution in [0.4, 0.5) is 5.82 Å². The van der Waals surface area contributed by atoms with Crippen LogP contribution >= 0.6 is 11.3 Å². The van der Waals surface area contributed by atoms with Crippen LogP contribution in [0.5, 0.6) is 0 Å². The molecule has 0 bridgehead atoms.